The lowest BCUT2D eigenvalue weighted by Gasteiger charge is -2.12. The topological polar surface area (TPSA) is 128 Å². The maximum atomic E-state index is 12.3. The van der Waals surface area contributed by atoms with E-state index in [4.69, 9.17) is 4.74 Å². The van der Waals surface area contributed by atoms with E-state index < -0.39 is 38.0 Å². The summed E-state index contributed by atoms with van der Waals surface area (Å²) in [6, 6.07) is 21.3. The summed E-state index contributed by atoms with van der Waals surface area (Å²) in [5.41, 5.74) is 3.05. The number of benzene rings is 3. The van der Waals surface area contributed by atoms with E-state index in [9.17, 15) is 23.3 Å². The van der Waals surface area contributed by atoms with Crippen molar-refractivity contribution in [3.8, 4) is 16.9 Å². The molecule has 3 aromatic carbocycles. The molecule has 0 aliphatic heterocycles. The highest BCUT2D eigenvalue weighted by atomic mass is 32.2. The van der Waals surface area contributed by atoms with E-state index in [2.05, 4.69) is 0 Å². The van der Waals surface area contributed by atoms with Gasteiger partial charge in [0.15, 0.2) is 11.5 Å². The van der Waals surface area contributed by atoms with Gasteiger partial charge in [0.1, 0.15) is 5.75 Å². The minimum Gasteiger partial charge on any atom is -0.483 e. The molecule has 3 aromatic rings. The number of nitro groups is 1. The molecule has 9 nitrogen and oxygen atoms in total. The van der Waals surface area contributed by atoms with Crippen molar-refractivity contribution < 1.29 is 22.9 Å². The summed E-state index contributed by atoms with van der Waals surface area (Å²) in [6.45, 7) is -0.469. The molecular formula is C20H17N3O6S. The van der Waals surface area contributed by atoms with Gasteiger partial charge in [0.25, 0.3) is 21.6 Å². The Balaban J connectivity index is 1.65. The molecule has 0 saturated carbocycles. The van der Waals surface area contributed by atoms with Gasteiger partial charge in [0, 0.05) is 11.6 Å². The molecule has 10 heteroatoms. The zero-order valence-corrected chi connectivity index (χ0v) is 16.3. The van der Waals surface area contributed by atoms with Gasteiger partial charge < -0.3 is 4.74 Å². The molecule has 0 atom stereocenters. The van der Waals surface area contributed by atoms with Crippen LogP contribution in [0.15, 0.2) is 83.8 Å². The van der Waals surface area contributed by atoms with Gasteiger partial charge in [0.05, 0.1) is 4.92 Å². The van der Waals surface area contributed by atoms with Crippen molar-refractivity contribution in [2.45, 2.75) is 4.90 Å². The van der Waals surface area contributed by atoms with E-state index in [0.717, 1.165) is 23.3 Å². The van der Waals surface area contributed by atoms with E-state index >= 15 is 0 Å². The monoisotopic (exact) mass is 427 g/mol. The Bertz CT molecular complexity index is 1170. The van der Waals surface area contributed by atoms with Crippen molar-refractivity contribution in [3.05, 3.63) is 89.0 Å². The van der Waals surface area contributed by atoms with E-state index in [1.54, 1.807) is 12.1 Å². The molecule has 154 valence electrons. The van der Waals surface area contributed by atoms with Crippen LogP contribution in [0, 0.1) is 10.1 Å². The molecule has 3 rings (SSSR count). The molecule has 0 saturated heterocycles. The molecule has 30 heavy (non-hydrogen) atoms. The normalized spacial score (nSPS) is 10.9. The summed E-state index contributed by atoms with van der Waals surface area (Å²) in [6.07, 6.45) is 0. The van der Waals surface area contributed by atoms with E-state index in [-0.39, 0.29) is 0 Å². The largest absolute Gasteiger partial charge is 0.483 e. The zero-order chi connectivity index (χ0) is 21.6. The Morgan fingerprint density at radius 3 is 2.30 bits per heavy atom. The number of hydrogen-bond donors (Lipinski definition) is 2. The number of para-hydroxylation sites is 2. The molecule has 0 unspecified atom stereocenters. The molecule has 0 fully saturated rings. The third-order valence-corrected chi connectivity index (χ3v) is 5.30. The van der Waals surface area contributed by atoms with Crippen LogP contribution in [0.4, 0.5) is 5.69 Å². The number of hydrogen-bond acceptors (Lipinski definition) is 6. The Kier molecular flexibility index (Phi) is 6.40. The predicted octanol–water partition coefficient (Wildman–Crippen LogP) is 2.65. The molecule has 0 radical (unpaired) electrons. The second-order valence-electron chi connectivity index (χ2n) is 6.03. The maximum Gasteiger partial charge on any atom is 0.289 e. The van der Waals surface area contributed by atoms with E-state index in [0.29, 0.717) is 5.75 Å². The minimum atomic E-state index is -4.34. The summed E-state index contributed by atoms with van der Waals surface area (Å²) < 4.78 is 30.1. The molecule has 1 amide bonds. The van der Waals surface area contributed by atoms with Crippen LogP contribution in [0.25, 0.3) is 11.1 Å². The Hall–Kier alpha value is -3.76. The van der Waals surface area contributed by atoms with Gasteiger partial charge >= 0.3 is 0 Å². The maximum absolute atomic E-state index is 12.3. The molecule has 0 aliphatic rings. The van der Waals surface area contributed by atoms with Gasteiger partial charge in [-0.2, -0.15) is 0 Å². The SMILES string of the molecule is O=C(COc1ccccc1-c1ccccc1)NNS(=O)(=O)c1ccccc1[N+](=O)[O-]. The number of carbonyl (C=O) groups is 1. The fourth-order valence-electron chi connectivity index (χ4n) is 2.64. The van der Waals surface area contributed by atoms with Crippen LogP contribution in [0.1, 0.15) is 0 Å². The van der Waals surface area contributed by atoms with Crippen LogP contribution >= 0.6 is 0 Å². The highest BCUT2D eigenvalue weighted by molar-refractivity contribution is 7.89. The second kappa shape index (κ2) is 9.16. The third kappa shape index (κ3) is 4.99. The number of rotatable bonds is 8. The van der Waals surface area contributed by atoms with Crippen LogP contribution < -0.4 is 15.0 Å². The summed E-state index contributed by atoms with van der Waals surface area (Å²) in [5.74, 6) is -0.333. The Morgan fingerprint density at radius 2 is 1.57 bits per heavy atom. The minimum absolute atomic E-state index is 0.445. The Morgan fingerprint density at radius 1 is 0.933 bits per heavy atom. The third-order valence-electron chi connectivity index (χ3n) is 4.01. The van der Waals surface area contributed by atoms with Crippen molar-refractivity contribution in [1.29, 1.82) is 0 Å². The van der Waals surface area contributed by atoms with E-state index in [1.807, 2.05) is 52.7 Å². The number of amides is 1. The average molecular weight is 427 g/mol. The first-order valence-corrected chi connectivity index (χ1v) is 10.2. The fourth-order valence-corrected chi connectivity index (χ4v) is 3.68. The van der Waals surface area contributed by atoms with Gasteiger partial charge in [-0.15, -0.1) is 4.83 Å². The summed E-state index contributed by atoms with van der Waals surface area (Å²) >= 11 is 0. The van der Waals surface area contributed by atoms with Gasteiger partial charge in [0.2, 0.25) is 0 Å². The number of nitrogens with zero attached hydrogens (tertiary/aromatic N) is 1. The summed E-state index contributed by atoms with van der Waals surface area (Å²) in [4.78, 5) is 23.5. The average Bonchev–Trinajstić information content (AvgIpc) is 2.77. The lowest BCUT2D eigenvalue weighted by molar-refractivity contribution is -0.387. The molecule has 0 bridgehead atoms. The fraction of sp³-hybridized carbons (Fsp3) is 0.0500. The highest BCUT2D eigenvalue weighted by Crippen LogP contribution is 2.29. The molecule has 0 spiro atoms. The number of nitrogens with one attached hydrogen (secondary N) is 2. The van der Waals surface area contributed by atoms with Gasteiger partial charge in [-0.1, -0.05) is 60.7 Å². The summed E-state index contributed by atoms with van der Waals surface area (Å²) in [7, 11) is -4.34. The summed E-state index contributed by atoms with van der Waals surface area (Å²) in [5, 5.41) is 11.0. The predicted molar refractivity (Wildman–Crippen MR) is 109 cm³/mol. The van der Waals surface area contributed by atoms with Gasteiger partial charge in [-0.05, 0) is 17.7 Å². The molecule has 0 aromatic heterocycles. The number of sulfonamides is 1. The van der Waals surface area contributed by atoms with Crippen molar-refractivity contribution in [3.63, 3.8) is 0 Å². The lowest BCUT2D eigenvalue weighted by atomic mass is 10.1. The Labute approximate surface area is 172 Å². The quantitative estimate of drug-likeness (QED) is 0.420. The van der Waals surface area contributed by atoms with Crippen LogP contribution in [-0.4, -0.2) is 25.9 Å². The molecule has 0 heterocycles. The molecular weight excluding hydrogens is 410 g/mol. The van der Waals surface area contributed by atoms with E-state index in [1.165, 1.54) is 12.1 Å². The number of carbonyl (C=O) groups excluding carboxylic acids is 1. The van der Waals surface area contributed by atoms with Gasteiger partial charge in [-0.3, -0.25) is 20.3 Å². The second-order valence-corrected chi connectivity index (χ2v) is 7.68. The van der Waals surface area contributed by atoms with Crippen LogP contribution in [0.3, 0.4) is 0 Å². The van der Waals surface area contributed by atoms with Crippen molar-refractivity contribution in [1.82, 2.24) is 10.3 Å². The van der Waals surface area contributed by atoms with Crippen LogP contribution in [-0.2, 0) is 14.8 Å². The van der Waals surface area contributed by atoms with Crippen molar-refractivity contribution >= 4 is 21.6 Å². The van der Waals surface area contributed by atoms with Crippen LogP contribution in [0.5, 0.6) is 5.75 Å². The van der Waals surface area contributed by atoms with Crippen molar-refractivity contribution in [2.24, 2.45) is 0 Å². The number of hydrazine groups is 1. The van der Waals surface area contributed by atoms with Gasteiger partial charge in [-0.25, -0.2) is 8.42 Å². The first-order chi connectivity index (χ1) is 14.4. The highest BCUT2D eigenvalue weighted by Gasteiger charge is 2.25. The smallest absolute Gasteiger partial charge is 0.289 e. The van der Waals surface area contributed by atoms with Crippen LogP contribution in [0.2, 0.25) is 0 Å². The first-order valence-electron chi connectivity index (χ1n) is 8.70. The lowest BCUT2D eigenvalue weighted by Crippen LogP contribution is -2.43. The number of nitro benzene ring substituents is 1. The standard InChI is InChI=1S/C20H17N3O6S/c24-20(21-22-30(27,28)19-13-7-5-11-17(19)23(25)26)14-29-18-12-6-4-10-16(18)15-8-2-1-3-9-15/h1-13,22H,14H2,(H,21,24). The zero-order valence-electron chi connectivity index (χ0n) is 15.5. The number of ether oxygens (including phenoxy) is 1. The first kappa shape index (κ1) is 21.0. The molecule has 2 N–H and O–H groups in total. The van der Waals surface area contributed by atoms with Crippen molar-refractivity contribution in [2.75, 3.05) is 6.61 Å². The molecule has 0 aliphatic carbocycles.